The Morgan fingerprint density at radius 1 is 1.40 bits per heavy atom. The van der Waals surface area contributed by atoms with Gasteiger partial charge in [0.25, 0.3) is 0 Å². The fourth-order valence-corrected chi connectivity index (χ4v) is 2.83. The van der Waals surface area contributed by atoms with E-state index < -0.39 is 0 Å². The van der Waals surface area contributed by atoms with E-state index in [2.05, 4.69) is 43.0 Å². The SMILES string of the molecule is CC1CC(NCCOCCN(C)C)CS1. The van der Waals surface area contributed by atoms with Crippen LogP contribution >= 0.6 is 11.8 Å². The van der Waals surface area contributed by atoms with Gasteiger partial charge in [0, 0.05) is 30.1 Å². The third-order valence-corrected chi connectivity index (χ3v) is 3.92. The van der Waals surface area contributed by atoms with Crippen molar-refractivity contribution in [1.29, 1.82) is 0 Å². The second-order valence-corrected chi connectivity index (χ2v) is 5.92. The quantitative estimate of drug-likeness (QED) is 0.663. The molecule has 0 amide bonds. The standard InChI is InChI=1S/C11H24N2OS/c1-10-8-11(9-15-10)12-4-6-14-7-5-13(2)3/h10-12H,4-9H2,1-3H3. The topological polar surface area (TPSA) is 24.5 Å². The zero-order valence-electron chi connectivity index (χ0n) is 10.2. The molecule has 0 spiro atoms. The third-order valence-electron chi connectivity index (χ3n) is 2.56. The van der Waals surface area contributed by atoms with Gasteiger partial charge in [-0.2, -0.15) is 11.8 Å². The largest absolute Gasteiger partial charge is 0.379 e. The van der Waals surface area contributed by atoms with Crippen LogP contribution in [0.3, 0.4) is 0 Å². The summed E-state index contributed by atoms with van der Waals surface area (Å²) in [5.41, 5.74) is 0. The molecule has 0 bridgehead atoms. The second-order valence-electron chi connectivity index (χ2n) is 4.45. The highest BCUT2D eigenvalue weighted by Gasteiger charge is 2.20. The number of nitrogens with one attached hydrogen (secondary N) is 1. The van der Waals surface area contributed by atoms with E-state index in [9.17, 15) is 0 Å². The van der Waals surface area contributed by atoms with Crippen molar-refractivity contribution in [2.45, 2.75) is 24.6 Å². The van der Waals surface area contributed by atoms with Gasteiger partial charge in [-0.25, -0.2) is 0 Å². The van der Waals surface area contributed by atoms with Gasteiger partial charge in [-0.05, 0) is 20.5 Å². The summed E-state index contributed by atoms with van der Waals surface area (Å²) in [6.07, 6.45) is 1.31. The number of nitrogens with zero attached hydrogens (tertiary/aromatic N) is 1. The lowest BCUT2D eigenvalue weighted by Crippen LogP contribution is -2.32. The molecular formula is C11H24N2OS. The summed E-state index contributed by atoms with van der Waals surface area (Å²) >= 11 is 2.07. The van der Waals surface area contributed by atoms with Crippen LogP contribution < -0.4 is 5.32 Å². The molecule has 3 nitrogen and oxygen atoms in total. The van der Waals surface area contributed by atoms with Crippen LogP contribution in [0.4, 0.5) is 0 Å². The number of thioether (sulfide) groups is 1. The van der Waals surface area contributed by atoms with E-state index in [1.54, 1.807) is 0 Å². The highest BCUT2D eigenvalue weighted by Crippen LogP contribution is 2.25. The number of rotatable bonds is 7. The molecule has 0 saturated carbocycles. The zero-order chi connectivity index (χ0) is 11.1. The summed E-state index contributed by atoms with van der Waals surface area (Å²) in [6, 6.07) is 0.711. The number of hydrogen-bond donors (Lipinski definition) is 1. The predicted octanol–water partition coefficient (Wildman–Crippen LogP) is 1.05. The lowest BCUT2D eigenvalue weighted by Gasteiger charge is -2.13. The van der Waals surface area contributed by atoms with Gasteiger partial charge in [0.1, 0.15) is 0 Å². The van der Waals surface area contributed by atoms with Crippen LogP contribution in [0, 0.1) is 0 Å². The predicted molar refractivity (Wildman–Crippen MR) is 67.7 cm³/mol. The van der Waals surface area contributed by atoms with E-state index in [0.717, 1.165) is 31.6 Å². The molecule has 2 unspecified atom stereocenters. The smallest absolute Gasteiger partial charge is 0.0593 e. The van der Waals surface area contributed by atoms with Crippen molar-refractivity contribution < 1.29 is 4.74 Å². The molecule has 0 aromatic carbocycles. The minimum absolute atomic E-state index is 0.711. The van der Waals surface area contributed by atoms with E-state index in [0.29, 0.717) is 6.04 Å². The third kappa shape index (κ3) is 6.40. The van der Waals surface area contributed by atoms with Crippen molar-refractivity contribution in [3.8, 4) is 0 Å². The molecule has 1 aliphatic heterocycles. The highest BCUT2D eigenvalue weighted by atomic mass is 32.2. The summed E-state index contributed by atoms with van der Waals surface area (Å²) in [5, 5.41) is 4.37. The van der Waals surface area contributed by atoms with Gasteiger partial charge in [0.05, 0.1) is 13.2 Å². The summed E-state index contributed by atoms with van der Waals surface area (Å²) in [6.45, 7) is 5.98. The molecule has 1 rings (SSSR count). The van der Waals surface area contributed by atoms with Crippen molar-refractivity contribution in [3.05, 3.63) is 0 Å². The molecular weight excluding hydrogens is 208 g/mol. The normalized spacial score (nSPS) is 26.4. The molecule has 1 heterocycles. The van der Waals surface area contributed by atoms with Crippen LogP contribution in [0.25, 0.3) is 0 Å². The van der Waals surface area contributed by atoms with Gasteiger partial charge in [-0.15, -0.1) is 0 Å². The van der Waals surface area contributed by atoms with E-state index in [1.165, 1.54) is 12.2 Å². The first-order valence-corrected chi connectivity index (χ1v) is 6.81. The van der Waals surface area contributed by atoms with E-state index >= 15 is 0 Å². The van der Waals surface area contributed by atoms with Crippen LogP contribution in [0.15, 0.2) is 0 Å². The monoisotopic (exact) mass is 232 g/mol. The Kier molecular flexibility index (Phi) is 6.64. The fraction of sp³-hybridized carbons (Fsp3) is 1.00. The minimum atomic E-state index is 0.711. The van der Waals surface area contributed by atoms with E-state index in [1.807, 2.05) is 0 Å². The Bertz CT molecular complexity index is 167. The van der Waals surface area contributed by atoms with Crippen LogP contribution in [0.2, 0.25) is 0 Å². The van der Waals surface area contributed by atoms with E-state index in [-0.39, 0.29) is 0 Å². The van der Waals surface area contributed by atoms with Gasteiger partial charge >= 0.3 is 0 Å². The zero-order valence-corrected chi connectivity index (χ0v) is 11.0. The maximum Gasteiger partial charge on any atom is 0.0593 e. The molecule has 0 aromatic heterocycles. The van der Waals surface area contributed by atoms with Gasteiger partial charge in [-0.3, -0.25) is 0 Å². The molecule has 2 atom stereocenters. The first-order chi connectivity index (χ1) is 7.18. The second kappa shape index (κ2) is 7.49. The van der Waals surface area contributed by atoms with Crippen LogP contribution in [-0.4, -0.2) is 62.3 Å². The maximum atomic E-state index is 5.52. The molecule has 90 valence electrons. The van der Waals surface area contributed by atoms with Gasteiger partial charge in [0.15, 0.2) is 0 Å². The molecule has 1 aliphatic rings. The van der Waals surface area contributed by atoms with Crippen molar-refractivity contribution in [1.82, 2.24) is 10.2 Å². The molecule has 0 aliphatic carbocycles. The molecule has 0 radical (unpaired) electrons. The van der Waals surface area contributed by atoms with E-state index in [4.69, 9.17) is 4.74 Å². The minimum Gasteiger partial charge on any atom is -0.379 e. The summed E-state index contributed by atoms with van der Waals surface area (Å²) in [4.78, 5) is 2.14. The Labute approximate surface area is 97.9 Å². The number of ether oxygens (including phenoxy) is 1. The maximum absolute atomic E-state index is 5.52. The Hall–Kier alpha value is 0.230. The Morgan fingerprint density at radius 2 is 2.20 bits per heavy atom. The van der Waals surface area contributed by atoms with Crippen molar-refractivity contribution in [2.24, 2.45) is 0 Å². The molecule has 1 fully saturated rings. The first kappa shape index (κ1) is 13.3. The van der Waals surface area contributed by atoms with Crippen LogP contribution in [-0.2, 0) is 4.74 Å². The Balaban J connectivity index is 1.85. The van der Waals surface area contributed by atoms with Crippen molar-refractivity contribution >= 4 is 11.8 Å². The molecule has 15 heavy (non-hydrogen) atoms. The van der Waals surface area contributed by atoms with Crippen molar-refractivity contribution in [2.75, 3.05) is 46.2 Å². The lowest BCUT2D eigenvalue weighted by atomic mass is 10.2. The molecule has 4 heteroatoms. The summed E-state index contributed by atoms with van der Waals surface area (Å²) in [5.74, 6) is 1.26. The average Bonchev–Trinajstić information content (AvgIpc) is 2.57. The van der Waals surface area contributed by atoms with Crippen LogP contribution in [0.1, 0.15) is 13.3 Å². The van der Waals surface area contributed by atoms with Gasteiger partial charge < -0.3 is 15.0 Å². The fourth-order valence-electron chi connectivity index (χ4n) is 1.64. The highest BCUT2D eigenvalue weighted by molar-refractivity contribution is 8.00. The van der Waals surface area contributed by atoms with Gasteiger partial charge in [-0.1, -0.05) is 6.92 Å². The summed E-state index contributed by atoms with van der Waals surface area (Å²) in [7, 11) is 4.14. The summed E-state index contributed by atoms with van der Waals surface area (Å²) < 4.78 is 5.52. The molecule has 0 aromatic rings. The Morgan fingerprint density at radius 3 is 2.80 bits per heavy atom. The molecule has 1 N–H and O–H groups in total. The van der Waals surface area contributed by atoms with Crippen LogP contribution in [0.5, 0.6) is 0 Å². The lowest BCUT2D eigenvalue weighted by molar-refractivity contribution is 0.118. The number of likely N-dealkylation sites (N-methyl/N-ethyl adjacent to an activating group) is 1. The average molecular weight is 232 g/mol. The number of hydrogen-bond acceptors (Lipinski definition) is 4. The van der Waals surface area contributed by atoms with Crippen molar-refractivity contribution in [3.63, 3.8) is 0 Å². The first-order valence-electron chi connectivity index (χ1n) is 5.76. The molecule has 1 saturated heterocycles. The van der Waals surface area contributed by atoms with Gasteiger partial charge in [0.2, 0.25) is 0 Å².